The van der Waals surface area contributed by atoms with Crippen molar-refractivity contribution in [3.8, 4) is 0 Å². The quantitative estimate of drug-likeness (QED) is 0.425. The average molecular weight is 134 g/mol. The van der Waals surface area contributed by atoms with E-state index in [1.54, 1.807) is 0 Å². The van der Waals surface area contributed by atoms with Crippen molar-refractivity contribution in [1.82, 2.24) is 0 Å². The third-order valence-corrected chi connectivity index (χ3v) is 0.800. The topological polar surface area (TPSA) is 26.0 Å². The summed E-state index contributed by atoms with van der Waals surface area (Å²) in [6.07, 6.45) is 0. The van der Waals surface area contributed by atoms with Gasteiger partial charge in [-0.25, -0.2) is 0 Å². The molecule has 2 heteroatoms. The van der Waals surface area contributed by atoms with Gasteiger partial charge in [-0.1, -0.05) is 32.0 Å². The molecule has 0 saturated heterocycles. The largest absolute Gasteiger partial charge is 0.399 e. The molecule has 0 amide bonds. The van der Waals surface area contributed by atoms with E-state index in [4.69, 9.17) is 5.73 Å². The minimum absolute atomic E-state index is 0. The van der Waals surface area contributed by atoms with Crippen LogP contribution in [0.1, 0.15) is 13.8 Å². The second kappa shape index (κ2) is 8.08. The summed E-state index contributed by atoms with van der Waals surface area (Å²) in [5, 5.41) is 0. The zero-order valence-electron chi connectivity index (χ0n) is 6.54. The van der Waals surface area contributed by atoms with E-state index < -0.39 is 0 Å². The highest BCUT2D eigenvalue weighted by Crippen LogP contribution is 1.95. The van der Waals surface area contributed by atoms with Crippen LogP contribution in [0.3, 0.4) is 0 Å². The van der Waals surface area contributed by atoms with Gasteiger partial charge in [0.1, 0.15) is 0 Å². The summed E-state index contributed by atoms with van der Waals surface area (Å²) in [6, 6.07) is 9.49. The van der Waals surface area contributed by atoms with Crippen LogP contribution >= 0.6 is 0 Å². The molecule has 3 radical (unpaired) electrons. The van der Waals surface area contributed by atoms with Crippen molar-refractivity contribution in [2.45, 2.75) is 13.8 Å². The molecule has 2 N–H and O–H groups in total. The van der Waals surface area contributed by atoms with Crippen LogP contribution in [0, 0.1) is 0 Å². The van der Waals surface area contributed by atoms with E-state index in [0.717, 1.165) is 5.69 Å². The number of nitrogens with two attached hydrogens (primary N) is 1. The first-order valence-electron chi connectivity index (χ1n) is 3.20. The van der Waals surface area contributed by atoms with Crippen LogP contribution in [0.5, 0.6) is 0 Å². The number of anilines is 1. The maximum Gasteiger partial charge on any atom is 0.0313 e. The molecule has 0 atom stereocenters. The summed E-state index contributed by atoms with van der Waals surface area (Å²) >= 11 is 0. The van der Waals surface area contributed by atoms with Crippen LogP contribution in [0.25, 0.3) is 0 Å². The molecule has 10 heavy (non-hydrogen) atoms. The van der Waals surface area contributed by atoms with E-state index in [-0.39, 0.29) is 8.41 Å². The molecular formula is C8H13BN. The summed E-state index contributed by atoms with van der Waals surface area (Å²) in [7, 11) is 0. The Kier molecular flexibility index (Phi) is 9.56. The first kappa shape index (κ1) is 11.8. The average Bonchev–Trinajstić information content (AvgIpc) is 1.94. The van der Waals surface area contributed by atoms with Crippen molar-refractivity contribution in [2.75, 3.05) is 5.73 Å². The molecule has 0 aliphatic heterocycles. The first-order valence-corrected chi connectivity index (χ1v) is 3.20. The maximum atomic E-state index is 5.36. The van der Waals surface area contributed by atoms with Gasteiger partial charge in [0.25, 0.3) is 0 Å². The van der Waals surface area contributed by atoms with E-state index in [9.17, 15) is 0 Å². The van der Waals surface area contributed by atoms with Crippen molar-refractivity contribution in [3.63, 3.8) is 0 Å². The number of hydrogen-bond donors (Lipinski definition) is 1. The van der Waals surface area contributed by atoms with Crippen molar-refractivity contribution in [1.29, 1.82) is 0 Å². The molecule has 0 aliphatic carbocycles. The smallest absolute Gasteiger partial charge is 0.0313 e. The molecule has 0 fully saturated rings. The standard InChI is InChI=1S/C6H7N.C2H6.B/c7-6-4-2-1-3-5-6;1-2;/h1-5H,7H2;1-2H3;. The summed E-state index contributed by atoms with van der Waals surface area (Å²) < 4.78 is 0. The lowest BCUT2D eigenvalue weighted by Crippen LogP contribution is -1.79. The van der Waals surface area contributed by atoms with Gasteiger partial charge in [0.2, 0.25) is 0 Å². The number of rotatable bonds is 0. The van der Waals surface area contributed by atoms with E-state index in [1.807, 2.05) is 44.2 Å². The van der Waals surface area contributed by atoms with Crippen LogP contribution < -0.4 is 5.73 Å². The summed E-state index contributed by atoms with van der Waals surface area (Å²) in [5.41, 5.74) is 6.18. The van der Waals surface area contributed by atoms with Crippen LogP contribution in [0.4, 0.5) is 5.69 Å². The predicted molar refractivity (Wildman–Crippen MR) is 48.0 cm³/mol. The van der Waals surface area contributed by atoms with Gasteiger partial charge in [0.15, 0.2) is 0 Å². The molecule has 1 nitrogen and oxygen atoms in total. The fourth-order valence-electron chi connectivity index (χ4n) is 0.453. The molecule has 0 aromatic heterocycles. The Morgan fingerprint density at radius 2 is 1.40 bits per heavy atom. The minimum atomic E-state index is 0. The monoisotopic (exact) mass is 134 g/mol. The Morgan fingerprint density at radius 3 is 1.60 bits per heavy atom. The fraction of sp³-hybridized carbons (Fsp3) is 0.250. The molecule has 1 aromatic rings. The summed E-state index contributed by atoms with van der Waals surface area (Å²) in [6.45, 7) is 4.00. The van der Waals surface area contributed by atoms with Gasteiger partial charge in [0, 0.05) is 14.1 Å². The highest BCUT2D eigenvalue weighted by Gasteiger charge is 1.72. The van der Waals surface area contributed by atoms with Gasteiger partial charge in [-0.2, -0.15) is 0 Å². The summed E-state index contributed by atoms with van der Waals surface area (Å²) in [5.74, 6) is 0. The molecule has 1 rings (SSSR count). The molecule has 0 spiro atoms. The molecule has 53 valence electrons. The molecule has 1 aromatic carbocycles. The number of benzene rings is 1. The normalized spacial score (nSPS) is 6.60. The lowest BCUT2D eigenvalue weighted by molar-refractivity contribution is 1.50. The second-order valence-corrected chi connectivity index (χ2v) is 1.41. The maximum absolute atomic E-state index is 5.36. The third kappa shape index (κ3) is 5.23. The highest BCUT2D eigenvalue weighted by molar-refractivity contribution is 5.75. The Labute approximate surface area is 64.8 Å². The van der Waals surface area contributed by atoms with Gasteiger partial charge in [-0.05, 0) is 12.1 Å². The van der Waals surface area contributed by atoms with Crippen LogP contribution in [0.15, 0.2) is 30.3 Å². The first-order chi connectivity index (χ1) is 4.39. The van der Waals surface area contributed by atoms with Crippen LogP contribution in [0.2, 0.25) is 0 Å². The third-order valence-electron chi connectivity index (χ3n) is 0.800. The number of hydrogen-bond acceptors (Lipinski definition) is 1. The van der Waals surface area contributed by atoms with E-state index >= 15 is 0 Å². The van der Waals surface area contributed by atoms with Crippen LogP contribution in [-0.4, -0.2) is 8.41 Å². The fourth-order valence-corrected chi connectivity index (χ4v) is 0.453. The lowest BCUT2D eigenvalue weighted by Gasteiger charge is -1.83. The molecular weight excluding hydrogens is 121 g/mol. The van der Waals surface area contributed by atoms with Crippen molar-refractivity contribution in [2.24, 2.45) is 0 Å². The Bertz CT molecular complexity index is 139. The SMILES string of the molecule is CC.Nc1ccccc1.[B]. The Hall–Kier alpha value is -0.915. The number of para-hydroxylation sites is 1. The van der Waals surface area contributed by atoms with E-state index in [2.05, 4.69) is 0 Å². The zero-order valence-corrected chi connectivity index (χ0v) is 6.54. The lowest BCUT2D eigenvalue weighted by atomic mass is 10.3. The molecule has 0 unspecified atom stereocenters. The van der Waals surface area contributed by atoms with Gasteiger partial charge in [-0.15, -0.1) is 0 Å². The molecule has 0 saturated carbocycles. The number of nitrogen functional groups attached to an aromatic ring is 1. The summed E-state index contributed by atoms with van der Waals surface area (Å²) in [4.78, 5) is 0. The zero-order chi connectivity index (χ0) is 7.11. The van der Waals surface area contributed by atoms with E-state index in [1.165, 1.54) is 0 Å². The van der Waals surface area contributed by atoms with Crippen molar-refractivity contribution < 1.29 is 0 Å². The molecule has 0 aliphatic rings. The Balaban J connectivity index is 0. The van der Waals surface area contributed by atoms with Crippen molar-refractivity contribution >= 4 is 14.1 Å². The van der Waals surface area contributed by atoms with Gasteiger partial charge >= 0.3 is 0 Å². The second-order valence-electron chi connectivity index (χ2n) is 1.41. The minimum Gasteiger partial charge on any atom is -0.399 e. The van der Waals surface area contributed by atoms with Gasteiger partial charge < -0.3 is 5.73 Å². The Morgan fingerprint density at radius 1 is 1.00 bits per heavy atom. The molecule has 0 bridgehead atoms. The van der Waals surface area contributed by atoms with E-state index in [0.29, 0.717) is 0 Å². The van der Waals surface area contributed by atoms with Gasteiger partial charge in [-0.3, -0.25) is 0 Å². The molecule has 0 heterocycles. The highest BCUT2D eigenvalue weighted by atomic mass is 14.5. The van der Waals surface area contributed by atoms with Crippen molar-refractivity contribution in [3.05, 3.63) is 30.3 Å². The predicted octanol–water partition coefficient (Wildman–Crippen LogP) is 1.91. The van der Waals surface area contributed by atoms with Crippen LogP contribution in [-0.2, 0) is 0 Å². The van der Waals surface area contributed by atoms with Gasteiger partial charge in [0.05, 0.1) is 0 Å².